The highest BCUT2D eigenvalue weighted by molar-refractivity contribution is 5.71. The number of aryl methyl sites for hydroxylation is 1. The van der Waals surface area contributed by atoms with Gasteiger partial charge in [-0.2, -0.15) is 0 Å². The molecular formula is C20H22N2O4. The van der Waals surface area contributed by atoms with Crippen molar-refractivity contribution in [3.05, 3.63) is 81.9 Å². The Bertz CT molecular complexity index is 751. The summed E-state index contributed by atoms with van der Waals surface area (Å²) in [6.45, 7) is 1.96. The topological polar surface area (TPSA) is 72.7 Å². The fraction of sp³-hybridized carbons (Fsp3) is 0.350. The third kappa shape index (κ3) is 3.85. The van der Waals surface area contributed by atoms with Crippen molar-refractivity contribution in [2.24, 2.45) is 0 Å². The number of cyclic esters (lactones) is 1. The summed E-state index contributed by atoms with van der Waals surface area (Å²) in [6, 6.07) is 17.5. The summed E-state index contributed by atoms with van der Waals surface area (Å²) >= 11 is 0. The number of hydrogen-bond donors (Lipinski definition) is 0. The average molecular weight is 354 g/mol. The molecule has 0 radical (unpaired) electrons. The summed E-state index contributed by atoms with van der Waals surface area (Å²) < 4.78 is 5.21. The molecule has 2 aromatic carbocycles. The zero-order valence-electron chi connectivity index (χ0n) is 14.7. The van der Waals surface area contributed by atoms with E-state index in [4.69, 9.17) is 4.74 Å². The fourth-order valence-electron chi connectivity index (χ4n) is 3.48. The number of rotatable bonds is 7. The van der Waals surface area contributed by atoms with Crippen molar-refractivity contribution in [2.45, 2.75) is 37.9 Å². The maximum absolute atomic E-state index is 12.3. The van der Waals surface area contributed by atoms with E-state index >= 15 is 0 Å². The molecule has 0 saturated carbocycles. The summed E-state index contributed by atoms with van der Waals surface area (Å²) in [4.78, 5) is 25.2. The number of benzene rings is 2. The van der Waals surface area contributed by atoms with Crippen LogP contribution in [0.5, 0.6) is 0 Å². The van der Waals surface area contributed by atoms with Crippen molar-refractivity contribution in [1.82, 2.24) is 4.90 Å². The molecular weight excluding hydrogens is 332 g/mol. The molecule has 3 rings (SSSR count). The summed E-state index contributed by atoms with van der Waals surface area (Å²) in [6.07, 6.45) is 0.469. The SMILES string of the molecule is C[C@@H]([C@H](CCc1ccccc1)[N+](=O)[O-])N1C(=O)OC[C@H]1c1ccccc1. The van der Waals surface area contributed by atoms with Crippen LogP contribution in [0.2, 0.25) is 0 Å². The van der Waals surface area contributed by atoms with Crippen LogP contribution in [0.15, 0.2) is 60.7 Å². The van der Waals surface area contributed by atoms with Crippen LogP contribution in [-0.4, -0.2) is 34.6 Å². The highest BCUT2D eigenvalue weighted by atomic mass is 16.6. The van der Waals surface area contributed by atoms with Gasteiger partial charge in [-0.05, 0) is 24.5 Å². The number of ether oxygens (including phenoxy) is 1. The Hall–Kier alpha value is -2.89. The molecule has 1 fully saturated rings. The first-order chi connectivity index (χ1) is 12.6. The second-order valence-corrected chi connectivity index (χ2v) is 6.53. The Morgan fingerprint density at radius 3 is 2.38 bits per heavy atom. The second-order valence-electron chi connectivity index (χ2n) is 6.53. The van der Waals surface area contributed by atoms with Crippen molar-refractivity contribution < 1.29 is 14.5 Å². The number of carbonyl (C=O) groups is 1. The molecule has 3 atom stereocenters. The van der Waals surface area contributed by atoms with E-state index in [1.807, 2.05) is 60.7 Å². The molecule has 1 saturated heterocycles. The molecule has 0 spiro atoms. The van der Waals surface area contributed by atoms with E-state index in [2.05, 4.69) is 0 Å². The molecule has 0 aliphatic carbocycles. The Morgan fingerprint density at radius 1 is 1.15 bits per heavy atom. The number of nitrogens with zero attached hydrogens (tertiary/aromatic N) is 2. The monoisotopic (exact) mass is 354 g/mol. The second kappa shape index (κ2) is 7.99. The normalized spacial score (nSPS) is 19.0. The number of nitro groups is 1. The lowest BCUT2D eigenvalue weighted by atomic mass is 9.97. The van der Waals surface area contributed by atoms with Gasteiger partial charge in [0.25, 0.3) is 0 Å². The number of hydrogen-bond acceptors (Lipinski definition) is 4. The molecule has 1 aliphatic heterocycles. The van der Waals surface area contributed by atoms with Crippen LogP contribution >= 0.6 is 0 Å². The number of amides is 1. The summed E-state index contributed by atoms with van der Waals surface area (Å²) in [5.41, 5.74) is 1.98. The summed E-state index contributed by atoms with van der Waals surface area (Å²) in [5.74, 6) is 0. The third-order valence-electron chi connectivity index (χ3n) is 4.93. The van der Waals surface area contributed by atoms with E-state index in [1.165, 1.54) is 4.90 Å². The molecule has 6 nitrogen and oxygen atoms in total. The minimum absolute atomic E-state index is 0.219. The van der Waals surface area contributed by atoms with Gasteiger partial charge >= 0.3 is 6.09 Å². The van der Waals surface area contributed by atoms with Crippen LogP contribution in [0.3, 0.4) is 0 Å². The predicted octanol–water partition coefficient (Wildman–Crippen LogP) is 3.85. The van der Waals surface area contributed by atoms with Gasteiger partial charge in [-0.25, -0.2) is 4.79 Å². The molecule has 1 heterocycles. The van der Waals surface area contributed by atoms with Gasteiger partial charge in [0.1, 0.15) is 12.6 Å². The molecule has 1 aliphatic rings. The third-order valence-corrected chi connectivity index (χ3v) is 4.93. The Kier molecular flexibility index (Phi) is 5.51. The summed E-state index contributed by atoms with van der Waals surface area (Å²) in [7, 11) is 0. The van der Waals surface area contributed by atoms with E-state index in [0.717, 1.165) is 11.1 Å². The van der Waals surface area contributed by atoms with E-state index < -0.39 is 18.2 Å². The highest BCUT2D eigenvalue weighted by Gasteiger charge is 2.43. The lowest BCUT2D eigenvalue weighted by Crippen LogP contribution is -2.47. The van der Waals surface area contributed by atoms with Crippen LogP contribution in [0.4, 0.5) is 4.79 Å². The molecule has 0 unspecified atom stereocenters. The van der Waals surface area contributed by atoms with Crippen molar-refractivity contribution in [1.29, 1.82) is 0 Å². The Morgan fingerprint density at radius 2 is 1.77 bits per heavy atom. The zero-order chi connectivity index (χ0) is 18.5. The van der Waals surface area contributed by atoms with Crippen molar-refractivity contribution in [2.75, 3.05) is 6.61 Å². The molecule has 0 bridgehead atoms. The van der Waals surface area contributed by atoms with Gasteiger partial charge in [-0.1, -0.05) is 60.7 Å². The standard InChI is InChI=1S/C20H22N2O4/c1-15(18(22(24)25)13-12-16-8-4-2-5-9-16)21-19(14-26-20(21)23)17-10-6-3-7-11-17/h2-11,15,18-19H,12-14H2,1H3/t15-,18-,19-/m0/s1. The molecule has 26 heavy (non-hydrogen) atoms. The van der Waals surface area contributed by atoms with Gasteiger partial charge in [-0.3, -0.25) is 15.0 Å². The average Bonchev–Trinajstić information content (AvgIpc) is 3.04. The lowest BCUT2D eigenvalue weighted by Gasteiger charge is -2.29. The Labute approximate surface area is 152 Å². The molecule has 6 heteroatoms. The first-order valence-corrected chi connectivity index (χ1v) is 8.75. The summed E-state index contributed by atoms with van der Waals surface area (Å²) in [5, 5.41) is 11.7. The quantitative estimate of drug-likeness (QED) is 0.559. The molecule has 0 aromatic heterocycles. The van der Waals surface area contributed by atoms with Gasteiger partial charge in [0, 0.05) is 11.3 Å². The van der Waals surface area contributed by atoms with Crippen LogP contribution in [0.1, 0.15) is 30.5 Å². The molecule has 136 valence electrons. The smallest absolute Gasteiger partial charge is 0.410 e. The van der Waals surface area contributed by atoms with Crippen LogP contribution in [0, 0.1) is 10.1 Å². The van der Waals surface area contributed by atoms with Gasteiger partial charge in [0.2, 0.25) is 6.04 Å². The van der Waals surface area contributed by atoms with E-state index in [9.17, 15) is 14.9 Å². The maximum atomic E-state index is 12.3. The molecule has 2 aromatic rings. The van der Waals surface area contributed by atoms with Gasteiger partial charge < -0.3 is 4.74 Å². The molecule has 0 N–H and O–H groups in total. The van der Waals surface area contributed by atoms with Crippen LogP contribution in [0.25, 0.3) is 0 Å². The highest BCUT2D eigenvalue weighted by Crippen LogP contribution is 2.31. The lowest BCUT2D eigenvalue weighted by molar-refractivity contribution is -0.530. The van der Waals surface area contributed by atoms with E-state index in [-0.39, 0.29) is 17.6 Å². The minimum atomic E-state index is -0.855. The van der Waals surface area contributed by atoms with E-state index in [0.29, 0.717) is 12.8 Å². The van der Waals surface area contributed by atoms with Gasteiger partial charge in [0.05, 0.1) is 6.04 Å². The number of carbonyl (C=O) groups excluding carboxylic acids is 1. The fourth-order valence-corrected chi connectivity index (χ4v) is 3.48. The van der Waals surface area contributed by atoms with Gasteiger partial charge in [0.15, 0.2) is 0 Å². The largest absolute Gasteiger partial charge is 0.447 e. The van der Waals surface area contributed by atoms with Crippen LogP contribution in [-0.2, 0) is 11.2 Å². The van der Waals surface area contributed by atoms with Crippen molar-refractivity contribution in [3.63, 3.8) is 0 Å². The van der Waals surface area contributed by atoms with Crippen molar-refractivity contribution in [3.8, 4) is 0 Å². The van der Waals surface area contributed by atoms with Crippen molar-refractivity contribution >= 4 is 6.09 Å². The van der Waals surface area contributed by atoms with Crippen LogP contribution < -0.4 is 0 Å². The predicted molar refractivity (Wildman–Crippen MR) is 97.4 cm³/mol. The maximum Gasteiger partial charge on any atom is 0.410 e. The minimum Gasteiger partial charge on any atom is -0.447 e. The van der Waals surface area contributed by atoms with E-state index in [1.54, 1.807) is 6.92 Å². The first kappa shape index (κ1) is 17.9. The first-order valence-electron chi connectivity index (χ1n) is 8.75. The molecule has 1 amide bonds. The van der Waals surface area contributed by atoms with Gasteiger partial charge in [-0.15, -0.1) is 0 Å². The Balaban J connectivity index is 1.77. The zero-order valence-corrected chi connectivity index (χ0v) is 14.7.